The van der Waals surface area contributed by atoms with Gasteiger partial charge < -0.3 is 299 Å². The Morgan fingerprint density at radius 1 is 0.187 bits per heavy atom. The molecule has 12 rings (SSSR count). The van der Waals surface area contributed by atoms with E-state index < -0.39 is 476 Å². The molecule has 12 saturated heterocycles. The second kappa shape index (κ2) is 54.0. The van der Waals surface area contributed by atoms with Gasteiger partial charge in [-0.1, -0.05) is 0 Å². The lowest BCUT2D eigenvalue weighted by Gasteiger charge is -2.52. The van der Waals surface area contributed by atoms with Crippen molar-refractivity contribution in [3.8, 4) is 0 Å². The molecule has 6 amide bonds. The van der Waals surface area contributed by atoms with Crippen LogP contribution in [0.2, 0.25) is 0 Å². The molecule has 0 unspecified atom stereocenters. The number of carbonyl (C=O) groups is 6. The van der Waals surface area contributed by atoms with Gasteiger partial charge in [0.1, 0.15) is 287 Å². The SMILES string of the molecule is CC(=O)N[C@@H]1[C@@H](O)[C@H](O[C@@H]2O[C@H](CO)[C@@H](O[C@@H]3O[C@H](CO[C@H]4O[C@H](CO[C@@H]5O[C@H](CO)[C@@H](O)[C@H](O)[C@H]5NC(C)=O)[C@@H](O)[C@H](O)[C@@H]4O[C@@H]4O[C@H](CO)[C@@H](O)[C@H](O)[C@H]4NC(C)=O)[C@@H](O)[C@H](O[C@H]4O[C@H](CO)[C@@H](O[C@@H]5O[C@H](CO)[C@@H](O[C@@H]6O[C@H](CO)[C@H](O)[C@H](O)[C@H]6O)[C@H](O)[C@H]5NC(C)=O)[C@H](O)[C@@H]4O[C@@H]4O[C@H](CO)[C@@H](O[C@@H]5O[C@H](CO)[C@H](O)[C@H](O)[C@H]5O)[C@H](O)[C@H]4NC(C)=O)[C@@H]3O)[C@H](O)[C@H]2NC(C)=O)[C@@H](CO[C@H]2O[C@H](C)[C@H](O)[C@@H](O)[C@H]2O)O[C@H]1O. The first-order valence-corrected chi connectivity index (χ1v) is 48.0. The predicted molar refractivity (Wildman–Crippen MR) is 463 cm³/mol. The Morgan fingerprint density at radius 3 is 0.820 bits per heavy atom. The highest BCUT2D eigenvalue weighted by molar-refractivity contribution is 5.75. The van der Waals surface area contributed by atoms with Gasteiger partial charge in [-0.15, -0.1) is 0 Å². The smallest absolute Gasteiger partial charge is 0.217 e. The Kier molecular flexibility index (Phi) is 44.4. The Morgan fingerprint density at radius 2 is 0.427 bits per heavy atom. The van der Waals surface area contributed by atoms with Crippen molar-refractivity contribution in [2.45, 2.75) is 417 Å². The van der Waals surface area contributed by atoms with Crippen molar-refractivity contribution in [1.29, 1.82) is 0 Å². The number of carbonyl (C=O) groups excluding carboxylic acids is 6. The van der Waals surface area contributed by atoms with Crippen LogP contribution in [0.5, 0.6) is 0 Å². The van der Waals surface area contributed by atoms with Crippen LogP contribution in [0.1, 0.15) is 48.5 Å². The van der Waals surface area contributed by atoms with E-state index in [2.05, 4.69) is 31.9 Å². The minimum absolute atomic E-state index is 0.852. The van der Waals surface area contributed by atoms with Gasteiger partial charge in [0.2, 0.25) is 35.4 Å². The van der Waals surface area contributed by atoms with E-state index in [-0.39, 0.29) is 0 Å². The maximum atomic E-state index is 13.6. The molecule has 150 heavy (non-hydrogen) atoms. The lowest BCUT2D eigenvalue weighted by Crippen LogP contribution is -2.71. The van der Waals surface area contributed by atoms with Crippen LogP contribution in [0.15, 0.2) is 0 Å². The molecule has 0 aromatic carbocycles. The molecule has 0 spiro atoms. The molecule has 866 valence electrons. The van der Waals surface area contributed by atoms with Gasteiger partial charge in [-0.3, -0.25) is 28.8 Å². The molecule has 0 aliphatic carbocycles. The van der Waals surface area contributed by atoms with Crippen molar-refractivity contribution in [2.75, 3.05) is 72.7 Å². The van der Waals surface area contributed by atoms with E-state index in [4.69, 9.17) is 109 Å². The largest absolute Gasteiger partial charge is 0.394 e. The van der Waals surface area contributed by atoms with Crippen LogP contribution in [0.25, 0.3) is 0 Å². The third-order valence-corrected chi connectivity index (χ3v) is 27.4. The van der Waals surface area contributed by atoms with Crippen molar-refractivity contribution in [1.82, 2.24) is 31.9 Å². The highest BCUT2D eigenvalue weighted by Gasteiger charge is 2.64. The van der Waals surface area contributed by atoms with Gasteiger partial charge in [0.25, 0.3) is 0 Å². The lowest BCUT2D eigenvalue weighted by atomic mass is 9.93. The van der Waals surface area contributed by atoms with Crippen LogP contribution in [0.3, 0.4) is 0 Å². The summed E-state index contributed by atoms with van der Waals surface area (Å²) in [4.78, 5) is 78.5. The van der Waals surface area contributed by atoms with Crippen LogP contribution >= 0.6 is 0 Å². The summed E-state index contributed by atoms with van der Waals surface area (Å²) in [6.45, 7) is -6.20. The highest BCUT2D eigenvalue weighted by atomic mass is 16.8. The number of hydrogen-bond donors (Lipinski definition) is 37. The van der Waals surface area contributed by atoms with Crippen LogP contribution in [0, 0.1) is 0 Å². The minimum Gasteiger partial charge on any atom is -0.394 e. The average molecular weight is 2190 g/mol. The molecular formula is C84H140N6O60. The van der Waals surface area contributed by atoms with Gasteiger partial charge in [-0.2, -0.15) is 0 Å². The van der Waals surface area contributed by atoms with Crippen LogP contribution < -0.4 is 31.9 Å². The third-order valence-electron chi connectivity index (χ3n) is 27.4. The first-order chi connectivity index (χ1) is 70.9. The number of amides is 6. The maximum absolute atomic E-state index is 13.6. The lowest BCUT2D eigenvalue weighted by molar-refractivity contribution is -0.406. The zero-order valence-electron chi connectivity index (χ0n) is 81.1. The zero-order valence-corrected chi connectivity index (χ0v) is 81.1. The summed E-state index contributed by atoms with van der Waals surface area (Å²) in [5.74, 6) is -5.90. The van der Waals surface area contributed by atoms with Gasteiger partial charge in [-0.05, 0) is 6.92 Å². The summed E-state index contributed by atoms with van der Waals surface area (Å²) in [5, 5.41) is 368. The van der Waals surface area contributed by atoms with E-state index in [1.54, 1.807) is 0 Å². The van der Waals surface area contributed by atoms with E-state index in [9.17, 15) is 187 Å². The molecule has 0 aromatic heterocycles. The number of aliphatic hydroxyl groups is 31. The number of ether oxygens (including phenoxy) is 23. The summed E-state index contributed by atoms with van der Waals surface area (Å²) in [6, 6.07) is -11.9. The van der Waals surface area contributed by atoms with Gasteiger partial charge in [0.05, 0.1) is 78.8 Å². The Bertz CT molecular complexity index is 4240. The average Bonchev–Trinajstić information content (AvgIpc) is 0.751. The molecule has 60 atom stereocenters. The summed E-state index contributed by atoms with van der Waals surface area (Å²) < 4.78 is 140. The fraction of sp³-hybridized carbons (Fsp3) is 0.929. The zero-order chi connectivity index (χ0) is 110. The van der Waals surface area contributed by atoms with Crippen molar-refractivity contribution in [2.24, 2.45) is 0 Å². The van der Waals surface area contributed by atoms with Gasteiger partial charge in [-0.25, -0.2) is 0 Å². The quantitative estimate of drug-likeness (QED) is 0.0272. The Balaban J connectivity index is 0.954. The fourth-order valence-corrected chi connectivity index (χ4v) is 19.5. The summed E-state index contributed by atoms with van der Waals surface area (Å²) in [6.07, 6.45) is -118. The standard InChI is InChI=1S/C84H140N6O60/c1-19-43(105)56(118)60(122)79(131-19)129-18-36-69(52(114)37(73(127)132-36)85-20(2)99)144-77-41(89-24(6)103)54(116)67(32(14-97)138-77)147-82-64(126)70(49(111)35(141-82)17-130-83-71(149-75-39(87-22(4)101)51(113)45(107)27(9-92)134-75)59(121)48(110)34(142-83)16-128-74-38(86-21(3)100)50(112)44(106)26(8-91)133-74)148-84-72(150-78-42(90-25(7)104)55(117)66(31(13-96)139-78)146-81-62(124)58(120)47(109)29(11-94)136-81)63(125)68(33(15-98)140-84)143-76-40(88-23(5)102)53(115)65(30(12-95)137-76)145-80-61(123)57(119)46(108)28(10-93)135-80/h19,26-84,91-98,105-127H,8-18H2,1-7H3,(H,85,99)(H,86,100)(H,87,101)(H,88,102)(H,89,103)(H,90,104)/t19-,26-,27-,28-,29-,30-,31-,32-,33-,34-,35-,36-,37-,38-,39-,40-,41-,42-,43+,44-,45-,46+,47+,48-,49-,50-,51-,52-,53-,54-,55-,56-,57+,58+,59+,60-,61-,62-,63+,64+,65-,66-,67-,68-,69-,70+,71+,72+,73-,74-,75+,76+,77+,78+,79+,80+,81+,82+,83+,84-/m1/s1. The monoisotopic (exact) mass is 2190 g/mol. The molecular weight excluding hydrogens is 2050 g/mol. The van der Waals surface area contributed by atoms with Crippen molar-refractivity contribution in [3.63, 3.8) is 0 Å². The maximum Gasteiger partial charge on any atom is 0.217 e. The van der Waals surface area contributed by atoms with Crippen molar-refractivity contribution >= 4 is 35.4 Å². The van der Waals surface area contributed by atoms with Crippen molar-refractivity contribution in [3.05, 3.63) is 0 Å². The molecule has 0 bridgehead atoms. The van der Waals surface area contributed by atoms with Crippen molar-refractivity contribution < 1.29 is 296 Å². The number of hydrogen-bond acceptors (Lipinski definition) is 60. The van der Waals surface area contributed by atoms with E-state index in [1.165, 1.54) is 6.92 Å². The van der Waals surface area contributed by atoms with Gasteiger partial charge in [0.15, 0.2) is 75.5 Å². The topological polar surface area (TPSA) is 1010 Å². The fourth-order valence-electron chi connectivity index (χ4n) is 19.5. The Hall–Kier alpha value is -5.34. The van der Waals surface area contributed by atoms with Crippen LogP contribution in [-0.4, -0.2) is 635 Å². The normalized spacial score (nSPS) is 48.8. The first-order valence-electron chi connectivity index (χ1n) is 48.0. The molecule has 66 heteroatoms. The summed E-state index contributed by atoms with van der Waals surface area (Å²) in [5.41, 5.74) is 0. The molecule has 66 nitrogen and oxygen atoms in total. The van der Waals surface area contributed by atoms with Crippen LogP contribution in [-0.2, 0) is 138 Å². The molecule has 0 saturated carbocycles. The minimum atomic E-state index is -2.84. The van der Waals surface area contributed by atoms with E-state index >= 15 is 0 Å². The first kappa shape index (κ1) is 123. The second-order valence-electron chi connectivity index (χ2n) is 38.1. The molecule has 0 radical (unpaired) electrons. The van der Waals surface area contributed by atoms with Crippen LogP contribution in [0.4, 0.5) is 0 Å². The van der Waals surface area contributed by atoms with Gasteiger partial charge in [0, 0.05) is 41.5 Å². The van der Waals surface area contributed by atoms with E-state index in [1.807, 2.05) is 0 Å². The second-order valence-corrected chi connectivity index (χ2v) is 38.1. The number of nitrogens with one attached hydrogen (secondary N) is 6. The molecule has 12 aliphatic rings. The highest BCUT2D eigenvalue weighted by Crippen LogP contribution is 2.43. The number of aliphatic hydroxyl groups excluding tert-OH is 31. The molecule has 12 aliphatic heterocycles. The molecule has 0 aromatic rings. The molecule has 37 N–H and O–H groups in total. The summed E-state index contributed by atoms with van der Waals surface area (Å²) in [7, 11) is 0. The van der Waals surface area contributed by atoms with Gasteiger partial charge >= 0.3 is 0 Å². The molecule has 12 fully saturated rings. The predicted octanol–water partition coefficient (Wildman–Crippen LogP) is -25.3. The van der Waals surface area contributed by atoms with E-state index in [0.717, 1.165) is 41.5 Å². The number of rotatable bonds is 39. The molecule has 12 heterocycles. The van der Waals surface area contributed by atoms with E-state index in [0.29, 0.717) is 0 Å². The third kappa shape index (κ3) is 27.7. The Labute approximate surface area is 849 Å². The summed E-state index contributed by atoms with van der Waals surface area (Å²) >= 11 is 0.